The fourth-order valence-electron chi connectivity index (χ4n) is 1.34. The van der Waals surface area contributed by atoms with Gasteiger partial charge in [-0.15, -0.1) is 0 Å². The molecular formula is C12H17FN2OS. The molecule has 0 heterocycles. The number of thioether (sulfide) groups is 1. The highest BCUT2D eigenvalue weighted by Crippen LogP contribution is 2.17. The first-order valence-corrected chi connectivity index (χ1v) is 6.76. The second kappa shape index (κ2) is 6.61. The average Bonchev–Trinajstić information content (AvgIpc) is 2.31. The Morgan fingerprint density at radius 3 is 2.94 bits per heavy atom. The summed E-state index contributed by atoms with van der Waals surface area (Å²) >= 11 is 1.64. The highest BCUT2D eigenvalue weighted by Gasteiger charge is 2.14. The summed E-state index contributed by atoms with van der Waals surface area (Å²) in [4.78, 5) is 11.7. The molecule has 1 rings (SSSR count). The van der Waals surface area contributed by atoms with E-state index in [0.29, 0.717) is 17.7 Å². The summed E-state index contributed by atoms with van der Waals surface area (Å²) in [7, 11) is 0. The molecule has 0 bridgehead atoms. The molecule has 1 aromatic rings. The van der Waals surface area contributed by atoms with Crippen molar-refractivity contribution in [2.24, 2.45) is 5.73 Å². The Kier molecular flexibility index (Phi) is 5.44. The molecule has 3 N–H and O–H groups in total. The van der Waals surface area contributed by atoms with Gasteiger partial charge in [0.15, 0.2) is 0 Å². The third-order valence-corrected chi connectivity index (χ3v) is 3.14. The normalized spacial score (nSPS) is 12.2. The van der Waals surface area contributed by atoms with Crippen molar-refractivity contribution in [3.8, 4) is 0 Å². The molecule has 1 atom stereocenters. The van der Waals surface area contributed by atoms with E-state index in [-0.39, 0.29) is 11.7 Å². The lowest BCUT2D eigenvalue weighted by atomic mass is 10.1. The van der Waals surface area contributed by atoms with Crippen LogP contribution in [0, 0.1) is 12.7 Å². The largest absolute Gasteiger partial charge is 0.324 e. The Bertz CT molecular complexity index is 398. The van der Waals surface area contributed by atoms with Gasteiger partial charge in [-0.1, -0.05) is 6.07 Å². The molecule has 17 heavy (non-hydrogen) atoms. The summed E-state index contributed by atoms with van der Waals surface area (Å²) < 4.78 is 13.2. The van der Waals surface area contributed by atoms with E-state index in [9.17, 15) is 9.18 Å². The minimum atomic E-state index is -0.551. The number of nitrogens with one attached hydrogen (secondary N) is 1. The highest BCUT2D eigenvalue weighted by atomic mass is 32.2. The number of amides is 1. The predicted octanol–water partition coefficient (Wildman–Crippen LogP) is 2.15. The first-order valence-electron chi connectivity index (χ1n) is 5.36. The summed E-state index contributed by atoms with van der Waals surface area (Å²) in [5.74, 6) is 0.227. The van der Waals surface area contributed by atoms with Crippen molar-refractivity contribution >= 4 is 23.4 Å². The molecular weight excluding hydrogens is 239 g/mol. The maximum Gasteiger partial charge on any atom is 0.241 e. The predicted molar refractivity (Wildman–Crippen MR) is 70.7 cm³/mol. The Hall–Kier alpha value is -1.07. The fourth-order valence-corrected chi connectivity index (χ4v) is 1.83. The average molecular weight is 256 g/mol. The Morgan fingerprint density at radius 1 is 1.59 bits per heavy atom. The van der Waals surface area contributed by atoms with Crippen molar-refractivity contribution in [2.75, 3.05) is 17.3 Å². The molecule has 0 unspecified atom stereocenters. The van der Waals surface area contributed by atoms with Crippen LogP contribution in [0.5, 0.6) is 0 Å². The molecule has 1 aromatic carbocycles. The van der Waals surface area contributed by atoms with Gasteiger partial charge in [0.1, 0.15) is 5.82 Å². The maximum atomic E-state index is 13.2. The van der Waals surface area contributed by atoms with E-state index in [0.717, 1.165) is 5.75 Å². The topological polar surface area (TPSA) is 55.1 Å². The Labute approximate surface area is 105 Å². The minimum Gasteiger partial charge on any atom is -0.324 e. The highest BCUT2D eigenvalue weighted by molar-refractivity contribution is 7.98. The molecule has 0 aliphatic heterocycles. The van der Waals surface area contributed by atoms with E-state index in [2.05, 4.69) is 5.32 Å². The number of anilines is 1. The molecule has 0 aromatic heterocycles. The van der Waals surface area contributed by atoms with Crippen molar-refractivity contribution in [3.63, 3.8) is 0 Å². The van der Waals surface area contributed by atoms with Gasteiger partial charge in [0.2, 0.25) is 5.91 Å². The quantitative estimate of drug-likeness (QED) is 0.848. The zero-order valence-corrected chi connectivity index (χ0v) is 10.8. The molecule has 0 spiro atoms. The molecule has 0 saturated heterocycles. The molecule has 0 aliphatic carbocycles. The van der Waals surface area contributed by atoms with Gasteiger partial charge in [-0.05, 0) is 37.5 Å². The van der Waals surface area contributed by atoms with Crippen LogP contribution in [-0.2, 0) is 4.79 Å². The van der Waals surface area contributed by atoms with Crippen LogP contribution in [0.1, 0.15) is 12.0 Å². The van der Waals surface area contributed by atoms with Crippen LogP contribution in [0.15, 0.2) is 18.2 Å². The summed E-state index contributed by atoms with van der Waals surface area (Å²) in [6.07, 6.45) is 2.57. The van der Waals surface area contributed by atoms with Gasteiger partial charge in [0.25, 0.3) is 0 Å². The van der Waals surface area contributed by atoms with Crippen molar-refractivity contribution in [1.82, 2.24) is 0 Å². The number of hydrogen-bond donors (Lipinski definition) is 2. The molecule has 0 saturated carbocycles. The second-order valence-electron chi connectivity index (χ2n) is 3.79. The van der Waals surface area contributed by atoms with Gasteiger partial charge >= 0.3 is 0 Å². The van der Waals surface area contributed by atoms with Crippen LogP contribution >= 0.6 is 11.8 Å². The van der Waals surface area contributed by atoms with Crippen molar-refractivity contribution in [1.29, 1.82) is 0 Å². The summed E-state index contributed by atoms with van der Waals surface area (Å²) in [6.45, 7) is 1.62. The van der Waals surface area contributed by atoms with E-state index in [4.69, 9.17) is 5.73 Å². The van der Waals surface area contributed by atoms with Crippen LogP contribution in [0.25, 0.3) is 0 Å². The standard InChI is InChI=1S/C12H17FN2OS/c1-8-9(13)4-3-5-11(8)15-12(16)10(14)6-7-17-2/h3-5,10H,6-7,14H2,1-2H3,(H,15,16)/t10-/m0/s1. The van der Waals surface area contributed by atoms with Crippen LogP contribution in [-0.4, -0.2) is 24.0 Å². The minimum absolute atomic E-state index is 0.271. The molecule has 0 radical (unpaired) electrons. The van der Waals surface area contributed by atoms with Gasteiger partial charge in [-0.3, -0.25) is 4.79 Å². The molecule has 94 valence electrons. The zero-order valence-electron chi connectivity index (χ0n) is 10.00. The van der Waals surface area contributed by atoms with E-state index in [1.807, 2.05) is 6.26 Å². The summed E-state index contributed by atoms with van der Waals surface area (Å²) in [5, 5.41) is 2.65. The van der Waals surface area contributed by atoms with E-state index < -0.39 is 6.04 Å². The lowest BCUT2D eigenvalue weighted by Crippen LogP contribution is -2.36. The molecule has 0 fully saturated rings. The third-order valence-electron chi connectivity index (χ3n) is 2.50. The van der Waals surface area contributed by atoms with Gasteiger partial charge in [-0.2, -0.15) is 11.8 Å². The summed E-state index contributed by atoms with van der Waals surface area (Å²) in [5.41, 5.74) is 6.63. The second-order valence-corrected chi connectivity index (χ2v) is 4.78. The number of halogens is 1. The third kappa shape index (κ3) is 4.02. The number of hydrogen-bond acceptors (Lipinski definition) is 3. The number of carbonyl (C=O) groups is 1. The molecule has 5 heteroatoms. The lowest BCUT2D eigenvalue weighted by molar-refractivity contribution is -0.117. The fraction of sp³-hybridized carbons (Fsp3) is 0.417. The van der Waals surface area contributed by atoms with Crippen molar-refractivity contribution < 1.29 is 9.18 Å². The molecule has 1 amide bonds. The van der Waals surface area contributed by atoms with Gasteiger partial charge in [-0.25, -0.2) is 4.39 Å². The SMILES string of the molecule is CSCC[C@H](N)C(=O)Nc1cccc(F)c1C. The van der Waals surface area contributed by atoms with Gasteiger partial charge in [0, 0.05) is 11.3 Å². The Morgan fingerprint density at radius 2 is 2.29 bits per heavy atom. The van der Waals surface area contributed by atoms with E-state index >= 15 is 0 Å². The van der Waals surface area contributed by atoms with Crippen LogP contribution < -0.4 is 11.1 Å². The van der Waals surface area contributed by atoms with Gasteiger partial charge in [0.05, 0.1) is 6.04 Å². The van der Waals surface area contributed by atoms with Crippen LogP contribution in [0.4, 0.5) is 10.1 Å². The number of carbonyl (C=O) groups excluding carboxylic acids is 1. The number of nitrogens with two attached hydrogens (primary N) is 1. The van der Waals surface area contributed by atoms with Crippen molar-refractivity contribution in [3.05, 3.63) is 29.6 Å². The molecule has 3 nitrogen and oxygen atoms in total. The number of rotatable bonds is 5. The first kappa shape index (κ1) is 14.0. The first-order chi connectivity index (χ1) is 8.06. The monoisotopic (exact) mass is 256 g/mol. The van der Waals surface area contributed by atoms with E-state index in [1.165, 1.54) is 6.07 Å². The Balaban J connectivity index is 2.64. The summed E-state index contributed by atoms with van der Waals surface area (Å²) in [6, 6.07) is 4.03. The lowest BCUT2D eigenvalue weighted by Gasteiger charge is -2.13. The zero-order chi connectivity index (χ0) is 12.8. The van der Waals surface area contributed by atoms with Gasteiger partial charge < -0.3 is 11.1 Å². The van der Waals surface area contributed by atoms with Crippen molar-refractivity contribution in [2.45, 2.75) is 19.4 Å². The molecule has 0 aliphatic rings. The van der Waals surface area contributed by atoms with Crippen LogP contribution in [0.3, 0.4) is 0 Å². The number of benzene rings is 1. The smallest absolute Gasteiger partial charge is 0.241 e. The maximum absolute atomic E-state index is 13.2. The van der Waals surface area contributed by atoms with E-state index in [1.54, 1.807) is 30.8 Å². The van der Waals surface area contributed by atoms with Crippen LogP contribution in [0.2, 0.25) is 0 Å².